The van der Waals surface area contributed by atoms with E-state index in [-0.39, 0.29) is 0 Å². The van der Waals surface area contributed by atoms with Gasteiger partial charge in [-0.3, -0.25) is 14.7 Å². The molecule has 0 aromatic carbocycles. The summed E-state index contributed by atoms with van der Waals surface area (Å²) in [6.07, 6.45) is 0.745. The molecule has 0 spiro atoms. The number of hydrogen-bond acceptors (Lipinski definition) is 4. The lowest BCUT2D eigenvalue weighted by Gasteiger charge is -1.82. The minimum atomic E-state index is -4.20. The van der Waals surface area contributed by atoms with Crippen molar-refractivity contribution >= 4 is 10.1 Å². The molecule has 0 rings (SSSR count). The molecule has 0 aromatic heterocycles. The van der Waals surface area contributed by atoms with Crippen molar-refractivity contribution in [3.05, 3.63) is 21.6 Å². The minimum Gasteiger partial charge on any atom is -0.282 e. The molecule has 0 unspecified atom stereocenters. The molecule has 7 heteroatoms. The van der Waals surface area contributed by atoms with Crippen LogP contribution in [-0.4, -0.2) is 24.4 Å². The Labute approximate surface area is 57.1 Å². The predicted octanol–water partition coefficient (Wildman–Crippen LogP) is -0.335. The Kier molecular flexibility index (Phi) is 2.97. The third-order valence-electron chi connectivity index (χ3n) is 0.523. The predicted molar refractivity (Wildman–Crippen MR) is 32.5 cm³/mol. The zero-order chi connectivity index (χ0) is 8.20. The molecule has 0 amide bonds. The van der Waals surface area contributed by atoms with E-state index in [9.17, 15) is 18.5 Å². The molecular weight excluding hydrogens is 162 g/mol. The maximum Gasteiger partial charge on any atom is 0.287 e. The smallest absolute Gasteiger partial charge is 0.282 e. The average Bonchev–Trinajstić information content (AvgIpc) is 1.59. The Hall–Kier alpha value is -0.950. The Morgan fingerprint density at radius 3 is 2.40 bits per heavy atom. The summed E-state index contributed by atoms with van der Waals surface area (Å²) in [5.74, 6) is 0. The highest BCUT2D eigenvalue weighted by atomic mass is 32.2. The van der Waals surface area contributed by atoms with Gasteiger partial charge in [-0.15, -0.1) is 0 Å². The molecule has 0 saturated heterocycles. The van der Waals surface area contributed by atoms with Crippen molar-refractivity contribution in [1.82, 2.24) is 0 Å². The number of hydrogen-bond donors (Lipinski definition) is 1. The van der Waals surface area contributed by atoms with Gasteiger partial charge in [-0.2, -0.15) is 8.42 Å². The standard InChI is InChI=1S/C3H5NO5S/c5-4(6)2-1-3-10(7,8)9/h1,3H,2H2,(H,7,8,9). The van der Waals surface area contributed by atoms with Crippen molar-refractivity contribution in [2.45, 2.75) is 0 Å². The normalized spacial score (nSPS) is 12.1. The van der Waals surface area contributed by atoms with Gasteiger partial charge in [0.05, 0.1) is 5.41 Å². The van der Waals surface area contributed by atoms with Crippen molar-refractivity contribution in [2.24, 2.45) is 0 Å². The number of nitro groups is 1. The van der Waals surface area contributed by atoms with E-state index < -0.39 is 21.6 Å². The second-order valence-corrected chi connectivity index (χ2v) is 2.70. The Morgan fingerprint density at radius 1 is 1.60 bits per heavy atom. The van der Waals surface area contributed by atoms with Crippen LogP contribution in [0.2, 0.25) is 0 Å². The first kappa shape index (κ1) is 9.05. The van der Waals surface area contributed by atoms with Gasteiger partial charge in [0.25, 0.3) is 10.1 Å². The maximum absolute atomic E-state index is 9.86. The first-order chi connectivity index (χ1) is 4.42. The third kappa shape index (κ3) is 7.05. The Bertz CT molecular complexity index is 240. The Balaban J connectivity index is 3.92. The van der Waals surface area contributed by atoms with E-state index in [0.29, 0.717) is 5.41 Å². The van der Waals surface area contributed by atoms with Crippen LogP contribution < -0.4 is 0 Å². The fourth-order valence-electron chi connectivity index (χ4n) is 0.251. The molecule has 10 heavy (non-hydrogen) atoms. The monoisotopic (exact) mass is 167 g/mol. The third-order valence-corrected chi connectivity index (χ3v) is 1.06. The van der Waals surface area contributed by atoms with Crippen LogP contribution >= 0.6 is 0 Å². The molecule has 1 N–H and O–H groups in total. The second kappa shape index (κ2) is 3.28. The van der Waals surface area contributed by atoms with E-state index in [2.05, 4.69) is 0 Å². The summed E-state index contributed by atoms with van der Waals surface area (Å²) < 4.78 is 27.7. The number of nitrogens with zero attached hydrogens (tertiary/aromatic N) is 1. The van der Waals surface area contributed by atoms with E-state index in [0.717, 1.165) is 6.08 Å². The minimum absolute atomic E-state index is 0.371. The van der Waals surface area contributed by atoms with Crippen LogP contribution in [0.1, 0.15) is 0 Å². The molecule has 0 aliphatic rings. The molecule has 0 heterocycles. The van der Waals surface area contributed by atoms with Gasteiger partial charge < -0.3 is 0 Å². The summed E-state index contributed by atoms with van der Waals surface area (Å²) in [5.41, 5.74) is 0. The van der Waals surface area contributed by atoms with Gasteiger partial charge in [0, 0.05) is 4.92 Å². The van der Waals surface area contributed by atoms with Crippen LogP contribution in [0, 0.1) is 10.1 Å². The van der Waals surface area contributed by atoms with Crippen molar-refractivity contribution in [2.75, 3.05) is 6.54 Å². The van der Waals surface area contributed by atoms with Crippen LogP contribution in [0.15, 0.2) is 11.5 Å². The van der Waals surface area contributed by atoms with Crippen LogP contribution in [0.3, 0.4) is 0 Å². The van der Waals surface area contributed by atoms with Crippen molar-refractivity contribution in [1.29, 1.82) is 0 Å². The highest BCUT2D eigenvalue weighted by molar-refractivity contribution is 7.88. The van der Waals surface area contributed by atoms with Crippen LogP contribution in [0.25, 0.3) is 0 Å². The van der Waals surface area contributed by atoms with Crippen molar-refractivity contribution in [3.8, 4) is 0 Å². The van der Waals surface area contributed by atoms with E-state index in [4.69, 9.17) is 4.55 Å². The molecule has 0 fully saturated rings. The first-order valence-corrected chi connectivity index (χ1v) is 3.68. The highest BCUT2D eigenvalue weighted by Gasteiger charge is 1.96. The van der Waals surface area contributed by atoms with Crippen LogP contribution in [0.4, 0.5) is 0 Å². The lowest BCUT2D eigenvalue weighted by molar-refractivity contribution is -0.468. The lowest BCUT2D eigenvalue weighted by atomic mass is 10.7. The zero-order valence-electron chi connectivity index (χ0n) is 4.80. The fourth-order valence-corrected chi connectivity index (χ4v) is 0.580. The van der Waals surface area contributed by atoms with Crippen molar-refractivity contribution < 1.29 is 17.9 Å². The molecular formula is C3H5NO5S. The van der Waals surface area contributed by atoms with Gasteiger partial charge in [0.2, 0.25) is 6.54 Å². The van der Waals surface area contributed by atoms with Crippen LogP contribution in [-0.2, 0) is 10.1 Å². The molecule has 0 saturated carbocycles. The molecule has 6 nitrogen and oxygen atoms in total. The molecule has 0 aliphatic heterocycles. The van der Waals surface area contributed by atoms with E-state index in [1.165, 1.54) is 0 Å². The summed E-state index contributed by atoms with van der Waals surface area (Å²) in [4.78, 5) is 8.84. The summed E-state index contributed by atoms with van der Waals surface area (Å²) in [7, 11) is -4.20. The molecule has 0 radical (unpaired) electrons. The molecule has 0 aromatic rings. The van der Waals surface area contributed by atoms with Crippen LogP contribution in [0.5, 0.6) is 0 Å². The highest BCUT2D eigenvalue weighted by Crippen LogP contribution is 1.83. The SMILES string of the molecule is O=[N+]([O-])CC=CS(=O)(=O)O. The van der Waals surface area contributed by atoms with Gasteiger partial charge in [-0.1, -0.05) is 0 Å². The lowest BCUT2D eigenvalue weighted by Crippen LogP contribution is -1.98. The molecule has 58 valence electrons. The van der Waals surface area contributed by atoms with Gasteiger partial charge in [0.15, 0.2) is 0 Å². The van der Waals surface area contributed by atoms with E-state index >= 15 is 0 Å². The molecule has 0 atom stereocenters. The van der Waals surface area contributed by atoms with Gasteiger partial charge >= 0.3 is 0 Å². The summed E-state index contributed by atoms with van der Waals surface area (Å²) in [6.45, 7) is -0.611. The summed E-state index contributed by atoms with van der Waals surface area (Å²) >= 11 is 0. The second-order valence-electron chi connectivity index (χ2n) is 1.40. The Morgan fingerprint density at radius 2 is 2.10 bits per heavy atom. The molecule has 0 aliphatic carbocycles. The van der Waals surface area contributed by atoms with Crippen molar-refractivity contribution in [3.63, 3.8) is 0 Å². The topological polar surface area (TPSA) is 97.5 Å². The van der Waals surface area contributed by atoms with Gasteiger partial charge in [-0.25, -0.2) is 0 Å². The first-order valence-electron chi connectivity index (χ1n) is 2.17. The van der Waals surface area contributed by atoms with Gasteiger partial charge in [0.1, 0.15) is 0 Å². The summed E-state index contributed by atoms with van der Waals surface area (Å²) in [6, 6.07) is 0. The zero-order valence-corrected chi connectivity index (χ0v) is 5.61. The fraction of sp³-hybridized carbons (Fsp3) is 0.333. The largest absolute Gasteiger partial charge is 0.287 e. The van der Waals surface area contributed by atoms with E-state index in [1.54, 1.807) is 0 Å². The average molecular weight is 167 g/mol. The van der Waals surface area contributed by atoms with Gasteiger partial charge in [-0.05, 0) is 6.08 Å². The van der Waals surface area contributed by atoms with E-state index in [1.807, 2.05) is 0 Å². The molecule has 0 bridgehead atoms. The quantitative estimate of drug-likeness (QED) is 0.352. The summed E-state index contributed by atoms with van der Waals surface area (Å²) in [5, 5.41) is 9.93. The maximum atomic E-state index is 9.86. The number of rotatable bonds is 3.